The number of likely N-dealkylation sites (tertiary alicyclic amines) is 1. The van der Waals surface area contributed by atoms with Gasteiger partial charge < -0.3 is 10.4 Å². The number of nitrogens with one attached hydrogen (secondary N) is 1. The summed E-state index contributed by atoms with van der Waals surface area (Å²) in [6.45, 7) is 0. The summed E-state index contributed by atoms with van der Waals surface area (Å²) in [6, 6.07) is 16.7. The molecule has 3 rings (SSSR count). The summed E-state index contributed by atoms with van der Waals surface area (Å²) in [5.41, 5.74) is 1.33. The molecule has 1 saturated heterocycles. The number of amides is 3. The van der Waals surface area contributed by atoms with Gasteiger partial charge >= 0.3 is 6.03 Å². The molecule has 1 aliphatic rings. The maximum atomic E-state index is 12.2. The number of imide groups is 1. The van der Waals surface area contributed by atoms with Crippen LogP contribution >= 0.6 is 0 Å². The van der Waals surface area contributed by atoms with Gasteiger partial charge in [-0.3, -0.25) is 9.69 Å². The van der Waals surface area contributed by atoms with E-state index in [1.807, 2.05) is 12.1 Å². The summed E-state index contributed by atoms with van der Waals surface area (Å²) in [5.74, 6) is -0.586. The lowest BCUT2D eigenvalue weighted by molar-refractivity contribution is -0.159. The average molecular weight is 282 g/mol. The molecule has 0 saturated carbocycles. The van der Waals surface area contributed by atoms with Gasteiger partial charge in [-0.15, -0.1) is 0 Å². The normalized spacial score (nSPS) is 20.8. The predicted octanol–water partition coefficient (Wildman–Crippen LogP) is 2.16. The summed E-state index contributed by atoms with van der Waals surface area (Å²) in [5, 5.41) is 12.5. The number of aliphatic hydroxyl groups is 1. The molecule has 3 amide bonds. The van der Waals surface area contributed by atoms with E-state index in [9.17, 15) is 14.7 Å². The van der Waals surface area contributed by atoms with Crippen molar-refractivity contribution in [2.45, 2.75) is 12.1 Å². The van der Waals surface area contributed by atoms with E-state index in [-0.39, 0.29) is 0 Å². The van der Waals surface area contributed by atoms with Crippen LogP contribution < -0.4 is 5.32 Å². The van der Waals surface area contributed by atoms with E-state index in [1.54, 1.807) is 48.5 Å². The van der Waals surface area contributed by atoms with E-state index in [2.05, 4.69) is 5.32 Å². The zero-order valence-electron chi connectivity index (χ0n) is 11.1. The molecule has 0 aliphatic carbocycles. The smallest absolute Gasteiger partial charge is 0.329 e. The molecule has 2 N–H and O–H groups in total. The number of hydrogen-bond acceptors (Lipinski definition) is 3. The van der Waals surface area contributed by atoms with Crippen molar-refractivity contribution in [1.82, 2.24) is 4.90 Å². The molecule has 0 spiro atoms. The number of anilines is 1. The van der Waals surface area contributed by atoms with Gasteiger partial charge in [0, 0.05) is 5.69 Å². The molecule has 2 atom stereocenters. The first kappa shape index (κ1) is 13.3. The van der Waals surface area contributed by atoms with Crippen LogP contribution in [0.5, 0.6) is 0 Å². The summed E-state index contributed by atoms with van der Waals surface area (Å²) in [4.78, 5) is 25.1. The highest BCUT2D eigenvalue weighted by atomic mass is 16.3. The first-order valence-corrected chi connectivity index (χ1v) is 6.60. The number of β-lactam (4-membered cyclic amide) rings is 1. The molecule has 0 unspecified atom stereocenters. The Labute approximate surface area is 121 Å². The van der Waals surface area contributed by atoms with Crippen molar-refractivity contribution in [2.24, 2.45) is 0 Å². The second-order valence-electron chi connectivity index (χ2n) is 4.80. The molecule has 0 radical (unpaired) electrons. The molecule has 2 aromatic rings. The fourth-order valence-electron chi connectivity index (χ4n) is 2.39. The van der Waals surface area contributed by atoms with E-state index < -0.39 is 24.1 Å². The number of rotatable bonds is 2. The summed E-state index contributed by atoms with van der Waals surface area (Å²) in [6.07, 6.45) is -1.17. The molecule has 0 bridgehead atoms. The van der Waals surface area contributed by atoms with Gasteiger partial charge in [-0.05, 0) is 17.7 Å². The Bertz CT molecular complexity index is 658. The Kier molecular flexibility index (Phi) is 3.41. The predicted molar refractivity (Wildman–Crippen MR) is 77.5 cm³/mol. The minimum atomic E-state index is -1.17. The quantitative estimate of drug-likeness (QED) is 0.829. The molecule has 5 nitrogen and oxygen atoms in total. The number of aliphatic hydroxyl groups excluding tert-OH is 1. The monoisotopic (exact) mass is 282 g/mol. The number of para-hydroxylation sites is 1. The van der Waals surface area contributed by atoms with Crippen molar-refractivity contribution in [1.29, 1.82) is 0 Å². The van der Waals surface area contributed by atoms with Crippen LogP contribution in [0.1, 0.15) is 11.6 Å². The van der Waals surface area contributed by atoms with E-state index in [4.69, 9.17) is 0 Å². The van der Waals surface area contributed by atoms with Crippen molar-refractivity contribution in [3.8, 4) is 0 Å². The zero-order chi connectivity index (χ0) is 14.8. The third kappa shape index (κ3) is 2.39. The van der Waals surface area contributed by atoms with Gasteiger partial charge in [0.1, 0.15) is 6.04 Å². The van der Waals surface area contributed by atoms with Gasteiger partial charge in [-0.25, -0.2) is 4.79 Å². The van der Waals surface area contributed by atoms with Gasteiger partial charge in [0.05, 0.1) is 0 Å². The second kappa shape index (κ2) is 5.38. The molecule has 0 aromatic heterocycles. The third-order valence-corrected chi connectivity index (χ3v) is 3.45. The Hall–Kier alpha value is -2.66. The van der Waals surface area contributed by atoms with Crippen molar-refractivity contribution in [3.05, 3.63) is 66.2 Å². The van der Waals surface area contributed by atoms with Gasteiger partial charge in [0.25, 0.3) is 5.91 Å². The Morgan fingerprint density at radius 3 is 2.19 bits per heavy atom. The highest BCUT2D eigenvalue weighted by molar-refractivity contribution is 6.07. The summed E-state index contributed by atoms with van der Waals surface area (Å²) >= 11 is 0. The van der Waals surface area contributed by atoms with Crippen LogP contribution in [0.3, 0.4) is 0 Å². The zero-order valence-corrected chi connectivity index (χ0v) is 11.1. The fraction of sp³-hybridized carbons (Fsp3) is 0.125. The first-order valence-electron chi connectivity index (χ1n) is 6.60. The van der Waals surface area contributed by atoms with Crippen molar-refractivity contribution < 1.29 is 14.7 Å². The number of benzene rings is 2. The van der Waals surface area contributed by atoms with Crippen molar-refractivity contribution in [3.63, 3.8) is 0 Å². The molecule has 106 valence electrons. The van der Waals surface area contributed by atoms with Crippen LogP contribution in [-0.2, 0) is 4.79 Å². The number of nitrogens with zero attached hydrogens (tertiary/aromatic N) is 1. The largest absolute Gasteiger partial charge is 0.381 e. The maximum Gasteiger partial charge on any atom is 0.329 e. The fourth-order valence-corrected chi connectivity index (χ4v) is 2.39. The van der Waals surface area contributed by atoms with Crippen LogP contribution in [0.25, 0.3) is 0 Å². The standard InChI is InChI=1S/C16H14N2O3/c19-14-13(11-7-3-1-4-8-11)18(15(14)20)16(21)17-12-9-5-2-6-10-12/h1-10,13-14,19H,(H,17,21)/t13-,14+/m0/s1. The lowest BCUT2D eigenvalue weighted by Gasteiger charge is -2.42. The minimum Gasteiger partial charge on any atom is -0.381 e. The molecule has 2 aromatic carbocycles. The third-order valence-electron chi connectivity index (χ3n) is 3.45. The van der Waals surface area contributed by atoms with Crippen LogP contribution in [0.15, 0.2) is 60.7 Å². The molecule has 1 fully saturated rings. The lowest BCUT2D eigenvalue weighted by atomic mass is 9.91. The number of carbonyl (C=O) groups is 2. The SMILES string of the molecule is O=C(Nc1ccccc1)N1C(=O)[C@H](O)[C@@H]1c1ccccc1. The van der Waals surface area contributed by atoms with E-state index >= 15 is 0 Å². The van der Waals surface area contributed by atoms with E-state index in [0.717, 1.165) is 10.5 Å². The van der Waals surface area contributed by atoms with Gasteiger partial charge in [0.2, 0.25) is 0 Å². The molecular weight excluding hydrogens is 268 g/mol. The van der Waals surface area contributed by atoms with Gasteiger partial charge in [-0.1, -0.05) is 48.5 Å². The molecule has 1 heterocycles. The van der Waals surface area contributed by atoms with E-state index in [0.29, 0.717) is 5.69 Å². The second-order valence-corrected chi connectivity index (χ2v) is 4.80. The summed E-state index contributed by atoms with van der Waals surface area (Å²) in [7, 11) is 0. The topological polar surface area (TPSA) is 69.6 Å². The Balaban J connectivity index is 1.80. The summed E-state index contributed by atoms with van der Waals surface area (Å²) < 4.78 is 0. The van der Waals surface area contributed by atoms with Crippen LogP contribution in [0, 0.1) is 0 Å². The number of urea groups is 1. The minimum absolute atomic E-state index is 0.537. The van der Waals surface area contributed by atoms with Crippen molar-refractivity contribution >= 4 is 17.6 Å². The molecule has 1 aliphatic heterocycles. The molecule has 5 heteroatoms. The first-order chi connectivity index (χ1) is 10.2. The number of hydrogen-bond donors (Lipinski definition) is 2. The van der Waals surface area contributed by atoms with Gasteiger partial charge in [0.15, 0.2) is 6.10 Å². The highest BCUT2D eigenvalue weighted by Gasteiger charge is 2.50. The molecule has 21 heavy (non-hydrogen) atoms. The van der Waals surface area contributed by atoms with Crippen LogP contribution in [-0.4, -0.2) is 28.0 Å². The Morgan fingerprint density at radius 1 is 1.00 bits per heavy atom. The van der Waals surface area contributed by atoms with Gasteiger partial charge in [-0.2, -0.15) is 0 Å². The van der Waals surface area contributed by atoms with Crippen LogP contribution in [0.4, 0.5) is 10.5 Å². The average Bonchev–Trinajstić information content (AvgIpc) is 2.53. The number of carbonyl (C=O) groups excluding carboxylic acids is 2. The van der Waals surface area contributed by atoms with Crippen LogP contribution in [0.2, 0.25) is 0 Å². The highest BCUT2D eigenvalue weighted by Crippen LogP contribution is 2.35. The molecular formula is C16H14N2O3. The Morgan fingerprint density at radius 2 is 1.57 bits per heavy atom. The van der Waals surface area contributed by atoms with Crippen molar-refractivity contribution in [2.75, 3.05) is 5.32 Å². The lowest BCUT2D eigenvalue weighted by Crippen LogP contribution is -2.62. The van der Waals surface area contributed by atoms with E-state index in [1.165, 1.54) is 0 Å². The maximum absolute atomic E-state index is 12.2.